The molecule has 2 aromatic rings. The van der Waals surface area contributed by atoms with Crippen LogP contribution in [0.5, 0.6) is 0 Å². The number of hydrogen-bond donors (Lipinski definition) is 1. The Kier molecular flexibility index (Phi) is 3.43. The topological polar surface area (TPSA) is 63.8 Å². The Morgan fingerprint density at radius 3 is 3.00 bits per heavy atom. The zero-order valence-corrected chi connectivity index (χ0v) is 12.0. The summed E-state index contributed by atoms with van der Waals surface area (Å²) in [4.78, 5) is 8.66. The van der Waals surface area contributed by atoms with Gasteiger partial charge in [-0.1, -0.05) is 18.0 Å². The summed E-state index contributed by atoms with van der Waals surface area (Å²) in [5.74, 6) is 2.19. The van der Waals surface area contributed by atoms with Crippen LogP contribution in [-0.4, -0.2) is 21.2 Å². The summed E-state index contributed by atoms with van der Waals surface area (Å²) in [6, 6.07) is 4.68. The molecule has 0 amide bonds. The van der Waals surface area contributed by atoms with Gasteiger partial charge in [-0.25, -0.2) is 0 Å². The van der Waals surface area contributed by atoms with Crippen LogP contribution in [0, 0.1) is 5.92 Å². The first kappa shape index (κ1) is 13.0. The van der Waals surface area contributed by atoms with Gasteiger partial charge in [0, 0.05) is 24.0 Å². The van der Waals surface area contributed by atoms with E-state index in [1.54, 1.807) is 12.4 Å². The van der Waals surface area contributed by atoms with Crippen LogP contribution in [0.15, 0.2) is 29.0 Å². The van der Waals surface area contributed by atoms with Gasteiger partial charge in [-0.2, -0.15) is 4.98 Å². The molecule has 2 aromatic heterocycles. The van der Waals surface area contributed by atoms with Crippen molar-refractivity contribution in [3.8, 4) is 11.4 Å². The molecule has 0 radical (unpaired) electrons. The molecule has 0 bridgehead atoms. The highest BCUT2D eigenvalue weighted by atomic mass is 16.5. The van der Waals surface area contributed by atoms with Crippen LogP contribution in [-0.2, 0) is 0 Å². The quantitative estimate of drug-likeness (QED) is 0.918. The van der Waals surface area contributed by atoms with E-state index in [4.69, 9.17) is 4.52 Å². The number of nitrogens with one attached hydrogen (secondary N) is 1. The summed E-state index contributed by atoms with van der Waals surface area (Å²) in [5, 5.41) is 7.82. The Labute approximate surface area is 124 Å². The van der Waals surface area contributed by atoms with Crippen molar-refractivity contribution in [1.82, 2.24) is 20.4 Å². The minimum absolute atomic E-state index is 0.210. The molecule has 3 heterocycles. The van der Waals surface area contributed by atoms with Crippen molar-refractivity contribution < 1.29 is 4.52 Å². The van der Waals surface area contributed by atoms with E-state index in [1.165, 1.54) is 32.1 Å². The van der Waals surface area contributed by atoms with E-state index in [0.29, 0.717) is 11.9 Å². The van der Waals surface area contributed by atoms with Crippen molar-refractivity contribution in [1.29, 1.82) is 0 Å². The average Bonchev–Trinajstić information content (AvgIpc) is 3.05. The van der Waals surface area contributed by atoms with E-state index < -0.39 is 0 Å². The van der Waals surface area contributed by atoms with Crippen molar-refractivity contribution >= 4 is 0 Å². The monoisotopic (exact) mass is 284 g/mol. The predicted octanol–water partition coefficient (Wildman–Crippen LogP) is 3.11. The highest BCUT2D eigenvalue weighted by Gasteiger charge is 2.34. The van der Waals surface area contributed by atoms with E-state index in [-0.39, 0.29) is 6.04 Å². The third-order valence-electron chi connectivity index (χ3n) is 4.81. The van der Waals surface area contributed by atoms with Crippen LogP contribution in [0.25, 0.3) is 11.4 Å². The number of pyridine rings is 1. The van der Waals surface area contributed by atoms with Gasteiger partial charge in [0.2, 0.25) is 11.7 Å². The summed E-state index contributed by atoms with van der Waals surface area (Å²) in [7, 11) is 0. The van der Waals surface area contributed by atoms with Crippen LogP contribution < -0.4 is 5.32 Å². The molecule has 21 heavy (non-hydrogen) atoms. The molecular weight excluding hydrogens is 264 g/mol. The number of nitrogens with zero attached hydrogens (tertiary/aromatic N) is 3. The summed E-state index contributed by atoms with van der Waals surface area (Å²) >= 11 is 0. The van der Waals surface area contributed by atoms with Crippen LogP contribution >= 0.6 is 0 Å². The Morgan fingerprint density at radius 1 is 1.14 bits per heavy atom. The van der Waals surface area contributed by atoms with Crippen LogP contribution in [0.2, 0.25) is 0 Å². The van der Waals surface area contributed by atoms with Gasteiger partial charge in [-0.15, -0.1) is 0 Å². The van der Waals surface area contributed by atoms with Gasteiger partial charge in [-0.3, -0.25) is 4.98 Å². The first-order chi connectivity index (χ1) is 10.4. The number of fused-ring (bicyclic) bond motifs is 1. The molecule has 0 spiro atoms. The average molecular weight is 284 g/mol. The SMILES string of the molecule is c1cncc(-c2noc(C3CCC4CCCCC4N3)n2)c1. The number of rotatable bonds is 2. The highest BCUT2D eigenvalue weighted by molar-refractivity contribution is 5.51. The molecule has 4 rings (SSSR count). The molecule has 5 nitrogen and oxygen atoms in total. The van der Waals surface area contributed by atoms with Crippen molar-refractivity contribution in [2.24, 2.45) is 5.92 Å². The van der Waals surface area contributed by atoms with Crippen molar-refractivity contribution in [3.05, 3.63) is 30.4 Å². The predicted molar refractivity (Wildman–Crippen MR) is 78.4 cm³/mol. The Balaban J connectivity index is 1.51. The van der Waals surface area contributed by atoms with Crippen LogP contribution in [0.4, 0.5) is 0 Å². The fourth-order valence-corrected chi connectivity index (χ4v) is 3.68. The summed E-state index contributed by atoms with van der Waals surface area (Å²) in [6.45, 7) is 0. The maximum Gasteiger partial charge on any atom is 0.244 e. The maximum absolute atomic E-state index is 5.49. The Hall–Kier alpha value is -1.75. The lowest BCUT2D eigenvalue weighted by Gasteiger charge is -2.39. The largest absolute Gasteiger partial charge is 0.337 e. The molecular formula is C16H20N4O. The molecule has 1 N–H and O–H groups in total. The highest BCUT2D eigenvalue weighted by Crippen LogP contribution is 2.36. The third-order valence-corrected chi connectivity index (χ3v) is 4.81. The molecule has 3 unspecified atom stereocenters. The van der Waals surface area contributed by atoms with Gasteiger partial charge in [0.15, 0.2) is 0 Å². The fraction of sp³-hybridized carbons (Fsp3) is 0.562. The van der Waals surface area contributed by atoms with Crippen molar-refractivity contribution in [2.75, 3.05) is 0 Å². The number of aromatic nitrogens is 3. The van der Waals surface area contributed by atoms with Crippen LogP contribution in [0.1, 0.15) is 50.5 Å². The second-order valence-corrected chi connectivity index (χ2v) is 6.15. The van der Waals surface area contributed by atoms with E-state index >= 15 is 0 Å². The zero-order chi connectivity index (χ0) is 14.1. The van der Waals surface area contributed by atoms with Gasteiger partial charge in [-0.05, 0) is 43.7 Å². The molecule has 5 heteroatoms. The molecule has 1 saturated heterocycles. The molecule has 110 valence electrons. The lowest BCUT2D eigenvalue weighted by molar-refractivity contribution is 0.158. The summed E-state index contributed by atoms with van der Waals surface area (Å²) < 4.78 is 5.49. The lowest BCUT2D eigenvalue weighted by atomic mass is 9.78. The molecule has 2 aliphatic rings. The first-order valence-electron chi connectivity index (χ1n) is 7.90. The summed E-state index contributed by atoms with van der Waals surface area (Å²) in [6.07, 6.45) is 11.3. The van der Waals surface area contributed by atoms with E-state index in [9.17, 15) is 0 Å². The molecule has 1 aliphatic heterocycles. The number of hydrogen-bond acceptors (Lipinski definition) is 5. The molecule has 1 saturated carbocycles. The zero-order valence-electron chi connectivity index (χ0n) is 12.0. The van der Waals surface area contributed by atoms with Gasteiger partial charge in [0.25, 0.3) is 0 Å². The Morgan fingerprint density at radius 2 is 2.10 bits per heavy atom. The van der Waals surface area contributed by atoms with Gasteiger partial charge >= 0.3 is 0 Å². The van der Waals surface area contributed by atoms with Gasteiger partial charge in [0.1, 0.15) is 0 Å². The third kappa shape index (κ3) is 2.58. The number of piperidine rings is 1. The minimum Gasteiger partial charge on any atom is -0.337 e. The molecule has 1 aliphatic carbocycles. The van der Waals surface area contributed by atoms with Crippen molar-refractivity contribution in [3.63, 3.8) is 0 Å². The van der Waals surface area contributed by atoms with Gasteiger partial charge in [0.05, 0.1) is 6.04 Å². The second-order valence-electron chi connectivity index (χ2n) is 6.15. The first-order valence-corrected chi connectivity index (χ1v) is 7.90. The Bertz CT molecular complexity index is 597. The van der Waals surface area contributed by atoms with E-state index in [2.05, 4.69) is 20.4 Å². The standard InChI is InChI=1S/C16H20N4O/c1-2-6-13-11(4-1)7-8-14(18-13)16-19-15(20-21-16)12-5-3-9-17-10-12/h3,5,9-11,13-14,18H,1-2,4,6-8H2. The van der Waals surface area contributed by atoms with Crippen LogP contribution in [0.3, 0.4) is 0 Å². The normalized spacial score (nSPS) is 29.0. The second kappa shape index (κ2) is 5.56. The van der Waals surface area contributed by atoms with Gasteiger partial charge < -0.3 is 9.84 Å². The molecule has 2 fully saturated rings. The lowest BCUT2D eigenvalue weighted by Crippen LogP contribution is -2.44. The molecule has 3 atom stereocenters. The van der Waals surface area contributed by atoms with Crippen molar-refractivity contribution in [2.45, 2.75) is 50.6 Å². The van der Waals surface area contributed by atoms with E-state index in [0.717, 1.165) is 23.8 Å². The summed E-state index contributed by atoms with van der Waals surface area (Å²) in [5.41, 5.74) is 0.902. The van der Waals surface area contributed by atoms with E-state index in [1.807, 2.05) is 12.1 Å². The smallest absolute Gasteiger partial charge is 0.244 e. The maximum atomic E-state index is 5.49. The molecule has 0 aromatic carbocycles. The minimum atomic E-state index is 0.210. The fourth-order valence-electron chi connectivity index (χ4n) is 3.68.